The fourth-order valence-corrected chi connectivity index (χ4v) is 1.59. The van der Waals surface area contributed by atoms with Gasteiger partial charge in [-0.1, -0.05) is 38.4 Å². The minimum absolute atomic E-state index is 0.0212. The molecule has 0 aliphatic rings. The Morgan fingerprint density at radius 3 is 2.60 bits per heavy atom. The average molecular weight is 303 g/mol. The van der Waals surface area contributed by atoms with Gasteiger partial charge in [-0.2, -0.15) is 0 Å². The molecule has 1 atom stereocenters. The van der Waals surface area contributed by atoms with Crippen LogP contribution in [-0.4, -0.2) is 23.8 Å². The lowest BCUT2D eigenvalue weighted by Gasteiger charge is -2.25. The highest BCUT2D eigenvalue weighted by molar-refractivity contribution is 6.30. The van der Waals surface area contributed by atoms with E-state index in [9.17, 15) is 14.3 Å². The fourth-order valence-electron chi connectivity index (χ4n) is 1.39. The molecular weight excluding hydrogens is 283 g/mol. The summed E-state index contributed by atoms with van der Waals surface area (Å²) in [7, 11) is 0. The molecule has 0 saturated carbocycles. The van der Waals surface area contributed by atoms with Crippen LogP contribution in [0, 0.1) is 11.2 Å². The molecule has 6 heteroatoms. The normalized spacial score (nSPS) is 12.9. The first-order valence-electron chi connectivity index (χ1n) is 6.34. The number of hydrogen-bond acceptors (Lipinski definition) is 2. The number of aliphatic hydroxyl groups excluding tert-OH is 1. The number of rotatable bonds is 4. The number of benzene rings is 1. The molecule has 3 N–H and O–H groups in total. The van der Waals surface area contributed by atoms with Crippen LogP contribution in [-0.2, 0) is 6.54 Å². The van der Waals surface area contributed by atoms with Crippen molar-refractivity contribution in [2.75, 3.05) is 6.54 Å². The first-order valence-corrected chi connectivity index (χ1v) is 6.71. The van der Waals surface area contributed by atoms with Gasteiger partial charge < -0.3 is 15.7 Å². The van der Waals surface area contributed by atoms with Crippen molar-refractivity contribution in [3.8, 4) is 0 Å². The zero-order chi connectivity index (χ0) is 15.3. The molecule has 4 nitrogen and oxygen atoms in total. The molecule has 0 spiro atoms. The van der Waals surface area contributed by atoms with Gasteiger partial charge in [0, 0.05) is 13.1 Å². The van der Waals surface area contributed by atoms with Crippen LogP contribution in [0.25, 0.3) is 0 Å². The van der Waals surface area contributed by atoms with Crippen molar-refractivity contribution < 1.29 is 14.3 Å². The summed E-state index contributed by atoms with van der Waals surface area (Å²) in [5.74, 6) is -0.492. The molecule has 0 bridgehead atoms. The van der Waals surface area contributed by atoms with Crippen molar-refractivity contribution in [3.05, 3.63) is 34.6 Å². The van der Waals surface area contributed by atoms with Crippen LogP contribution in [0.5, 0.6) is 0 Å². The highest BCUT2D eigenvalue weighted by Crippen LogP contribution is 2.18. The van der Waals surface area contributed by atoms with Gasteiger partial charge in [0.05, 0.1) is 11.1 Å². The molecule has 2 amide bonds. The van der Waals surface area contributed by atoms with E-state index in [0.29, 0.717) is 5.56 Å². The van der Waals surface area contributed by atoms with Gasteiger partial charge in [0.15, 0.2) is 0 Å². The number of amides is 2. The fraction of sp³-hybridized carbons (Fsp3) is 0.500. The topological polar surface area (TPSA) is 61.4 Å². The third-order valence-corrected chi connectivity index (χ3v) is 3.18. The first-order chi connectivity index (χ1) is 9.20. The molecule has 112 valence electrons. The quantitative estimate of drug-likeness (QED) is 0.801. The molecule has 1 rings (SSSR count). The van der Waals surface area contributed by atoms with Crippen LogP contribution in [0.15, 0.2) is 18.2 Å². The molecular formula is C14H20ClFN2O2. The van der Waals surface area contributed by atoms with E-state index in [2.05, 4.69) is 10.6 Å². The van der Waals surface area contributed by atoms with Crippen LogP contribution in [0.2, 0.25) is 5.02 Å². The maximum Gasteiger partial charge on any atom is 0.315 e. The number of aliphatic hydroxyl groups is 1. The zero-order valence-electron chi connectivity index (χ0n) is 11.8. The van der Waals surface area contributed by atoms with Gasteiger partial charge in [-0.15, -0.1) is 0 Å². The minimum atomic E-state index is -0.631. The maximum absolute atomic E-state index is 13.0. The smallest absolute Gasteiger partial charge is 0.315 e. The number of urea groups is 1. The molecule has 0 radical (unpaired) electrons. The maximum atomic E-state index is 13.0. The van der Waals surface area contributed by atoms with Crippen molar-refractivity contribution in [3.63, 3.8) is 0 Å². The predicted octanol–water partition coefficient (Wildman–Crippen LogP) is 2.69. The van der Waals surface area contributed by atoms with Gasteiger partial charge in [0.2, 0.25) is 0 Å². The second kappa shape index (κ2) is 6.90. The van der Waals surface area contributed by atoms with Gasteiger partial charge in [-0.25, -0.2) is 9.18 Å². The summed E-state index contributed by atoms with van der Waals surface area (Å²) >= 11 is 5.65. The molecule has 1 unspecified atom stereocenters. The van der Waals surface area contributed by atoms with E-state index < -0.39 is 18.0 Å². The highest BCUT2D eigenvalue weighted by Gasteiger charge is 2.22. The SMILES string of the molecule is CC(C)(C)C(O)CNC(=O)NCc1ccc(F)c(Cl)c1. The number of halogens is 2. The molecule has 0 aromatic heterocycles. The van der Waals surface area contributed by atoms with Crippen molar-refractivity contribution >= 4 is 17.6 Å². The van der Waals surface area contributed by atoms with Gasteiger partial charge in [-0.05, 0) is 23.1 Å². The van der Waals surface area contributed by atoms with Gasteiger partial charge in [0.1, 0.15) is 5.82 Å². The lowest BCUT2D eigenvalue weighted by atomic mass is 9.89. The van der Waals surface area contributed by atoms with E-state index in [4.69, 9.17) is 11.6 Å². The second-order valence-corrected chi connectivity index (χ2v) is 6.10. The van der Waals surface area contributed by atoms with Crippen molar-refractivity contribution in [2.24, 2.45) is 5.41 Å². The number of carbonyl (C=O) groups is 1. The van der Waals surface area contributed by atoms with Crippen molar-refractivity contribution in [1.29, 1.82) is 0 Å². The number of nitrogens with one attached hydrogen (secondary N) is 2. The van der Waals surface area contributed by atoms with E-state index in [-0.39, 0.29) is 23.5 Å². The summed E-state index contributed by atoms with van der Waals surface area (Å²) in [5.41, 5.74) is 0.403. The summed E-state index contributed by atoms with van der Waals surface area (Å²) in [6, 6.07) is 3.86. The van der Waals surface area contributed by atoms with Crippen LogP contribution >= 0.6 is 11.6 Å². The molecule has 1 aromatic rings. The first kappa shape index (κ1) is 16.7. The van der Waals surface area contributed by atoms with Gasteiger partial charge in [0.25, 0.3) is 0 Å². The summed E-state index contributed by atoms with van der Waals surface area (Å²) < 4.78 is 13.0. The Labute approximate surface area is 123 Å². The van der Waals surface area contributed by atoms with E-state index >= 15 is 0 Å². The lowest BCUT2D eigenvalue weighted by molar-refractivity contribution is 0.0650. The largest absolute Gasteiger partial charge is 0.391 e. The Hall–Kier alpha value is -1.33. The van der Waals surface area contributed by atoms with Crippen LogP contribution in [0.4, 0.5) is 9.18 Å². The van der Waals surface area contributed by atoms with E-state index in [1.165, 1.54) is 12.1 Å². The third kappa shape index (κ3) is 5.35. The van der Waals surface area contributed by atoms with Crippen molar-refractivity contribution in [2.45, 2.75) is 33.4 Å². The summed E-state index contributed by atoms with van der Waals surface area (Å²) in [6.45, 7) is 6.06. The Morgan fingerprint density at radius 1 is 1.40 bits per heavy atom. The molecule has 0 aliphatic heterocycles. The minimum Gasteiger partial charge on any atom is -0.391 e. The lowest BCUT2D eigenvalue weighted by Crippen LogP contribution is -2.43. The Bertz CT molecular complexity index is 475. The predicted molar refractivity (Wildman–Crippen MR) is 77.1 cm³/mol. The summed E-state index contributed by atoms with van der Waals surface area (Å²) in [6.07, 6.45) is -0.631. The third-order valence-electron chi connectivity index (χ3n) is 2.89. The Morgan fingerprint density at radius 2 is 2.05 bits per heavy atom. The number of hydrogen-bond donors (Lipinski definition) is 3. The van der Waals surface area contributed by atoms with E-state index in [1.807, 2.05) is 20.8 Å². The summed E-state index contributed by atoms with van der Waals surface area (Å²) in [4.78, 5) is 11.6. The molecule has 1 aromatic carbocycles. The monoisotopic (exact) mass is 302 g/mol. The Balaban J connectivity index is 2.38. The molecule has 0 heterocycles. The average Bonchev–Trinajstić information content (AvgIpc) is 2.36. The standard InChI is InChI=1S/C14H20ClFN2O2/c1-14(2,3)12(19)8-18-13(20)17-7-9-4-5-11(16)10(15)6-9/h4-6,12,19H,7-8H2,1-3H3,(H2,17,18,20). The molecule has 20 heavy (non-hydrogen) atoms. The highest BCUT2D eigenvalue weighted by atomic mass is 35.5. The van der Waals surface area contributed by atoms with Crippen molar-refractivity contribution in [1.82, 2.24) is 10.6 Å². The summed E-state index contributed by atoms with van der Waals surface area (Å²) in [5, 5.41) is 15.0. The van der Waals surface area contributed by atoms with E-state index in [0.717, 1.165) is 0 Å². The van der Waals surface area contributed by atoms with E-state index in [1.54, 1.807) is 6.07 Å². The molecule has 0 saturated heterocycles. The molecule has 0 fully saturated rings. The molecule has 0 aliphatic carbocycles. The van der Waals surface area contributed by atoms with Gasteiger partial charge >= 0.3 is 6.03 Å². The number of carbonyl (C=O) groups excluding carboxylic acids is 1. The van der Waals surface area contributed by atoms with Crippen LogP contribution in [0.1, 0.15) is 26.3 Å². The second-order valence-electron chi connectivity index (χ2n) is 5.69. The van der Waals surface area contributed by atoms with Crippen LogP contribution in [0.3, 0.4) is 0 Å². The van der Waals surface area contributed by atoms with Gasteiger partial charge in [-0.3, -0.25) is 0 Å². The zero-order valence-corrected chi connectivity index (χ0v) is 12.6. The van der Waals surface area contributed by atoms with Crippen LogP contribution < -0.4 is 10.6 Å². The Kier molecular flexibility index (Phi) is 5.77.